The molecule has 21 heavy (non-hydrogen) atoms. The number of benzene rings is 1. The number of carbonyl (C=O) groups excluding carboxylic acids is 1. The van der Waals surface area contributed by atoms with Crippen LogP contribution in [0, 0.1) is 18.8 Å². The van der Waals surface area contributed by atoms with E-state index < -0.39 is 0 Å². The molecule has 0 saturated heterocycles. The van der Waals surface area contributed by atoms with Crippen LogP contribution in [0.15, 0.2) is 36.4 Å². The number of nitrogens with zero attached hydrogens (tertiary/aromatic N) is 1. The van der Waals surface area contributed by atoms with E-state index in [0.717, 1.165) is 10.4 Å². The molecule has 0 atom stereocenters. The van der Waals surface area contributed by atoms with Gasteiger partial charge in [-0.05, 0) is 30.2 Å². The smallest absolute Gasteiger partial charge is 0.264 e. The average molecular weight is 298 g/mol. The van der Waals surface area contributed by atoms with Gasteiger partial charge in [0.2, 0.25) is 0 Å². The van der Waals surface area contributed by atoms with E-state index in [-0.39, 0.29) is 5.91 Å². The van der Waals surface area contributed by atoms with Gasteiger partial charge >= 0.3 is 0 Å². The van der Waals surface area contributed by atoms with Crippen molar-refractivity contribution in [3.63, 3.8) is 0 Å². The minimum absolute atomic E-state index is 0.0176. The number of rotatable bonds is 3. The van der Waals surface area contributed by atoms with Crippen molar-refractivity contribution in [2.75, 3.05) is 13.6 Å². The second kappa shape index (κ2) is 7.07. The van der Waals surface area contributed by atoms with Gasteiger partial charge in [-0.1, -0.05) is 36.1 Å². The molecule has 0 aliphatic heterocycles. The lowest BCUT2D eigenvalue weighted by Gasteiger charge is -2.17. The summed E-state index contributed by atoms with van der Waals surface area (Å²) in [5, 5.41) is 0. The zero-order chi connectivity index (χ0) is 15.2. The quantitative estimate of drug-likeness (QED) is 0.886. The van der Waals surface area contributed by atoms with Crippen LogP contribution in [0.4, 0.5) is 0 Å². The number of nitrogens with two attached hydrogens (primary N) is 1. The van der Waals surface area contributed by atoms with Crippen molar-refractivity contribution < 1.29 is 4.79 Å². The van der Waals surface area contributed by atoms with Crippen molar-refractivity contribution in [3.8, 4) is 11.8 Å². The van der Waals surface area contributed by atoms with Gasteiger partial charge in [0.05, 0.1) is 16.3 Å². The Labute approximate surface area is 129 Å². The van der Waals surface area contributed by atoms with Crippen LogP contribution < -0.4 is 5.73 Å². The lowest BCUT2D eigenvalue weighted by atomic mass is 10.1. The highest BCUT2D eigenvalue weighted by atomic mass is 32.1. The first-order valence-corrected chi connectivity index (χ1v) is 7.52. The van der Waals surface area contributed by atoms with Crippen LogP contribution in [-0.4, -0.2) is 24.4 Å². The van der Waals surface area contributed by atoms with Crippen LogP contribution >= 0.6 is 11.3 Å². The number of hydrogen-bond donors (Lipinski definition) is 1. The first-order valence-electron chi connectivity index (χ1n) is 6.70. The van der Waals surface area contributed by atoms with E-state index in [4.69, 9.17) is 5.73 Å². The summed E-state index contributed by atoms with van der Waals surface area (Å²) >= 11 is 1.40. The Morgan fingerprint density at radius 3 is 2.76 bits per heavy atom. The minimum Gasteiger partial charge on any atom is -0.337 e. The van der Waals surface area contributed by atoms with E-state index in [1.165, 1.54) is 16.9 Å². The molecule has 2 rings (SSSR count). The van der Waals surface area contributed by atoms with Crippen molar-refractivity contribution in [2.24, 2.45) is 5.73 Å². The standard InChI is InChI=1S/C17H18N2OS/c1-13-6-3-4-7-14(13)12-19(2)17(20)16-10-9-15(21-16)8-5-11-18/h3-4,6-7,9-10H,11-12,18H2,1-2H3. The average Bonchev–Trinajstić information content (AvgIpc) is 2.95. The second-order valence-electron chi connectivity index (χ2n) is 4.76. The van der Waals surface area contributed by atoms with E-state index in [9.17, 15) is 4.79 Å². The fraction of sp³-hybridized carbons (Fsp3) is 0.235. The molecular formula is C17H18N2OS. The maximum Gasteiger partial charge on any atom is 0.264 e. The van der Waals surface area contributed by atoms with Gasteiger partial charge < -0.3 is 10.6 Å². The summed E-state index contributed by atoms with van der Waals surface area (Å²) < 4.78 is 0. The third kappa shape index (κ3) is 3.94. The molecule has 1 aromatic heterocycles. The summed E-state index contributed by atoms with van der Waals surface area (Å²) in [5.74, 6) is 5.76. The van der Waals surface area contributed by atoms with Gasteiger partial charge in [0.1, 0.15) is 0 Å². The Balaban J connectivity index is 2.09. The Hall–Kier alpha value is -2.09. The molecule has 0 radical (unpaired) electrons. The van der Waals surface area contributed by atoms with Crippen molar-refractivity contribution in [1.82, 2.24) is 4.90 Å². The fourth-order valence-corrected chi connectivity index (χ4v) is 2.84. The molecule has 0 unspecified atom stereocenters. The number of thiophene rings is 1. The Morgan fingerprint density at radius 2 is 2.05 bits per heavy atom. The van der Waals surface area contributed by atoms with Gasteiger partial charge in [-0.25, -0.2) is 0 Å². The van der Waals surface area contributed by atoms with Crippen LogP contribution in [0.25, 0.3) is 0 Å². The highest BCUT2D eigenvalue weighted by Crippen LogP contribution is 2.18. The van der Waals surface area contributed by atoms with Gasteiger partial charge in [0.25, 0.3) is 5.91 Å². The van der Waals surface area contributed by atoms with Crippen molar-refractivity contribution in [1.29, 1.82) is 0 Å². The molecule has 0 saturated carbocycles. The maximum absolute atomic E-state index is 12.4. The highest BCUT2D eigenvalue weighted by molar-refractivity contribution is 7.14. The predicted molar refractivity (Wildman–Crippen MR) is 87.2 cm³/mol. The predicted octanol–water partition coefficient (Wildman–Crippen LogP) is 2.64. The zero-order valence-electron chi connectivity index (χ0n) is 12.2. The number of hydrogen-bond acceptors (Lipinski definition) is 3. The summed E-state index contributed by atoms with van der Waals surface area (Å²) in [5.41, 5.74) is 7.70. The monoisotopic (exact) mass is 298 g/mol. The van der Waals surface area contributed by atoms with E-state index in [1.807, 2.05) is 37.4 Å². The molecule has 108 valence electrons. The van der Waals surface area contributed by atoms with Crippen molar-refractivity contribution in [2.45, 2.75) is 13.5 Å². The molecule has 2 N–H and O–H groups in total. The van der Waals surface area contributed by atoms with Crippen molar-refractivity contribution >= 4 is 17.2 Å². The van der Waals surface area contributed by atoms with Gasteiger partial charge in [-0.2, -0.15) is 0 Å². The number of carbonyl (C=O) groups is 1. The first-order chi connectivity index (χ1) is 10.1. The molecule has 4 heteroatoms. The van der Waals surface area contributed by atoms with Gasteiger partial charge in [0.15, 0.2) is 0 Å². The molecule has 0 fully saturated rings. The van der Waals surface area contributed by atoms with E-state index in [2.05, 4.69) is 24.8 Å². The molecule has 0 aliphatic carbocycles. The molecule has 1 heterocycles. The van der Waals surface area contributed by atoms with Gasteiger partial charge in [-0.3, -0.25) is 4.79 Å². The minimum atomic E-state index is 0.0176. The molecule has 0 spiro atoms. The highest BCUT2D eigenvalue weighted by Gasteiger charge is 2.14. The van der Waals surface area contributed by atoms with Crippen LogP contribution in [0.5, 0.6) is 0 Å². The molecule has 3 nitrogen and oxygen atoms in total. The largest absolute Gasteiger partial charge is 0.337 e. The molecule has 0 aliphatic rings. The van der Waals surface area contributed by atoms with Crippen LogP contribution in [0.1, 0.15) is 25.7 Å². The Kier molecular flexibility index (Phi) is 5.15. The van der Waals surface area contributed by atoms with Gasteiger partial charge in [-0.15, -0.1) is 11.3 Å². The second-order valence-corrected chi connectivity index (χ2v) is 5.84. The third-order valence-electron chi connectivity index (χ3n) is 3.15. The topological polar surface area (TPSA) is 46.3 Å². The molecule has 0 bridgehead atoms. The normalized spacial score (nSPS) is 9.86. The van der Waals surface area contributed by atoms with E-state index in [1.54, 1.807) is 4.90 Å². The van der Waals surface area contributed by atoms with E-state index in [0.29, 0.717) is 18.0 Å². The molecule has 1 amide bonds. The summed E-state index contributed by atoms with van der Waals surface area (Å²) in [6, 6.07) is 11.8. The molecule has 1 aromatic carbocycles. The van der Waals surface area contributed by atoms with Crippen molar-refractivity contribution in [3.05, 3.63) is 57.3 Å². The summed E-state index contributed by atoms with van der Waals surface area (Å²) in [4.78, 5) is 15.7. The van der Waals surface area contributed by atoms with E-state index >= 15 is 0 Å². The maximum atomic E-state index is 12.4. The molecule has 2 aromatic rings. The fourth-order valence-electron chi connectivity index (χ4n) is 1.96. The van der Waals surface area contributed by atoms with Gasteiger partial charge in [0, 0.05) is 13.6 Å². The first kappa shape index (κ1) is 15.3. The third-order valence-corrected chi connectivity index (χ3v) is 4.13. The summed E-state index contributed by atoms with van der Waals surface area (Å²) in [6.45, 7) is 2.99. The number of amides is 1. The Morgan fingerprint density at radius 1 is 1.29 bits per heavy atom. The number of aryl methyl sites for hydroxylation is 1. The SMILES string of the molecule is Cc1ccccc1CN(C)C(=O)c1ccc(C#CCN)s1. The zero-order valence-corrected chi connectivity index (χ0v) is 13.0. The lowest BCUT2D eigenvalue weighted by Crippen LogP contribution is -2.25. The summed E-state index contributed by atoms with van der Waals surface area (Å²) in [7, 11) is 1.82. The van der Waals surface area contributed by atoms with Crippen LogP contribution in [0.3, 0.4) is 0 Å². The lowest BCUT2D eigenvalue weighted by molar-refractivity contribution is 0.0789. The van der Waals surface area contributed by atoms with Crippen LogP contribution in [0.2, 0.25) is 0 Å². The van der Waals surface area contributed by atoms with Crippen LogP contribution in [-0.2, 0) is 6.54 Å². The Bertz CT molecular complexity index is 694. The molecular weight excluding hydrogens is 280 g/mol. The summed E-state index contributed by atoms with van der Waals surface area (Å²) in [6.07, 6.45) is 0.